The third kappa shape index (κ3) is 4.80. The van der Waals surface area contributed by atoms with Crippen molar-refractivity contribution in [2.75, 3.05) is 46.4 Å². The smallest absolute Gasteiger partial charge is 0.251 e. The van der Waals surface area contributed by atoms with E-state index in [9.17, 15) is 4.79 Å². The van der Waals surface area contributed by atoms with Gasteiger partial charge < -0.3 is 19.9 Å². The molecular weight excluding hydrogens is 340 g/mol. The van der Waals surface area contributed by atoms with Gasteiger partial charge in [-0.25, -0.2) is 0 Å². The van der Waals surface area contributed by atoms with Crippen LogP contribution in [-0.4, -0.2) is 74.1 Å². The van der Waals surface area contributed by atoms with E-state index >= 15 is 0 Å². The molecule has 2 aliphatic rings. The fourth-order valence-corrected chi connectivity index (χ4v) is 3.74. The molecule has 2 saturated heterocycles. The summed E-state index contributed by atoms with van der Waals surface area (Å²) in [6, 6.07) is 10.5. The van der Waals surface area contributed by atoms with Crippen LogP contribution in [0.1, 0.15) is 32.3 Å². The van der Waals surface area contributed by atoms with Gasteiger partial charge in [0.2, 0.25) is 0 Å². The first-order chi connectivity index (χ1) is 13.0. The number of nitrogens with one attached hydrogen (secondary N) is 1. The number of ether oxygens (including phenoxy) is 1. The SMILES string of the molecule is CN=C(NCC(C)(C)c1ccccc1)N1CCN(C(=O)C2CCCO2)CC1. The van der Waals surface area contributed by atoms with Crippen molar-refractivity contribution >= 4 is 11.9 Å². The molecule has 1 unspecified atom stereocenters. The Balaban J connectivity index is 1.51. The van der Waals surface area contributed by atoms with Crippen molar-refractivity contribution in [1.29, 1.82) is 0 Å². The fourth-order valence-electron chi connectivity index (χ4n) is 3.74. The molecule has 0 spiro atoms. The van der Waals surface area contributed by atoms with Crippen LogP contribution in [0.2, 0.25) is 0 Å². The molecule has 1 aromatic carbocycles. The lowest BCUT2D eigenvalue weighted by Crippen LogP contribution is -2.56. The Hall–Kier alpha value is -2.08. The van der Waals surface area contributed by atoms with Gasteiger partial charge in [-0.05, 0) is 18.4 Å². The van der Waals surface area contributed by atoms with E-state index < -0.39 is 0 Å². The summed E-state index contributed by atoms with van der Waals surface area (Å²) in [5, 5.41) is 3.52. The highest BCUT2D eigenvalue weighted by Gasteiger charge is 2.31. The molecule has 0 saturated carbocycles. The molecule has 2 fully saturated rings. The van der Waals surface area contributed by atoms with E-state index in [1.54, 1.807) is 0 Å². The molecule has 1 atom stereocenters. The highest BCUT2D eigenvalue weighted by Crippen LogP contribution is 2.22. The van der Waals surface area contributed by atoms with Gasteiger partial charge in [0.15, 0.2) is 5.96 Å². The van der Waals surface area contributed by atoms with Crippen molar-refractivity contribution in [2.24, 2.45) is 4.99 Å². The van der Waals surface area contributed by atoms with Crippen molar-refractivity contribution in [2.45, 2.75) is 38.2 Å². The Bertz CT molecular complexity index is 645. The number of carbonyl (C=O) groups is 1. The Kier molecular flexibility index (Phi) is 6.37. The van der Waals surface area contributed by atoms with Gasteiger partial charge >= 0.3 is 0 Å². The number of carbonyl (C=O) groups excluding carboxylic acids is 1. The zero-order valence-electron chi connectivity index (χ0n) is 16.8. The number of rotatable bonds is 4. The molecule has 0 radical (unpaired) electrons. The molecule has 148 valence electrons. The lowest BCUT2D eigenvalue weighted by Gasteiger charge is -2.38. The maximum Gasteiger partial charge on any atom is 0.251 e. The molecule has 2 heterocycles. The van der Waals surface area contributed by atoms with Crippen LogP contribution in [0.3, 0.4) is 0 Å². The van der Waals surface area contributed by atoms with E-state index in [0.717, 1.165) is 51.5 Å². The van der Waals surface area contributed by atoms with Crippen molar-refractivity contribution in [3.05, 3.63) is 35.9 Å². The van der Waals surface area contributed by atoms with E-state index in [1.165, 1.54) is 5.56 Å². The van der Waals surface area contributed by atoms with E-state index in [0.29, 0.717) is 6.61 Å². The number of piperazine rings is 1. The maximum absolute atomic E-state index is 12.5. The lowest BCUT2D eigenvalue weighted by atomic mass is 9.85. The predicted octanol–water partition coefficient (Wildman–Crippen LogP) is 1.86. The van der Waals surface area contributed by atoms with Gasteiger partial charge in [0.1, 0.15) is 6.10 Å². The molecule has 1 aromatic rings. The van der Waals surface area contributed by atoms with Crippen LogP contribution in [0, 0.1) is 0 Å². The summed E-state index contributed by atoms with van der Waals surface area (Å²) in [4.78, 5) is 21.1. The minimum Gasteiger partial charge on any atom is -0.368 e. The second kappa shape index (κ2) is 8.74. The molecule has 2 aliphatic heterocycles. The standard InChI is InChI=1S/C21H32N4O2/c1-21(2,17-8-5-4-6-9-17)16-23-20(22-3)25-13-11-24(12-14-25)19(26)18-10-7-15-27-18/h4-6,8-9,18H,7,10-16H2,1-3H3,(H,22,23). The number of amides is 1. The van der Waals surface area contributed by atoms with E-state index in [4.69, 9.17) is 4.74 Å². The number of hydrogen-bond donors (Lipinski definition) is 1. The van der Waals surface area contributed by atoms with Crippen LogP contribution in [0.25, 0.3) is 0 Å². The summed E-state index contributed by atoms with van der Waals surface area (Å²) in [6.07, 6.45) is 1.63. The Labute approximate surface area is 162 Å². The van der Waals surface area contributed by atoms with Crippen LogP contribution in [0.15, 0.2) is 35.3 Å². The zero-order chi connectivity index (χ0) is 19.3. The Morgan fingerprint density at radius 2 is 1.85 bits per heavy atom. The first kappa shape index (κ1) is 19.7. The number of hydrogen-bond acceptors (Lipinski definition) is 3. The molecule has 6 heteroatoms. The van der Waals surface area contributed by atoms with Crippen molar-refractivity contribution in [3.8, 4) is 0 Å². The molecule has 6 nitrogen and oxygen atoms in total. The van der Waals surface area contributed by atoms with Gasteiger partial charge in [-0.15, -0.1) is 0 Å². The third-order valence-corrected chi connectivity index (χ3v) is 5.55. The number of aliphatic imine (C=N–C) groups is 1. The van der Waals surface area contributed by atoms with Gasteiger partial charge in [-0.1, -0.05) is 44.2 Å². The van der Waals surface area contributed by atoms with Crippen molar-refractivity contribution in [3.63, 3.8) is 0 Å². The minimum absolute atomic E-state index is 0.00873. The maximum atomic E-state index is 12.5. The average molecular weight is 373 g/mol. The quantitative estimate of drug-likeness (QED) is 0.648. The number of benzene rings is 1. The normalized spacial score (nSPS) is 21.4. The van der Waals surface area contributed by atoms with E-state index in [1.807, 2.05) is 18.0 Å². The Morgan fingerprint density at radius 1 is 1.19 bits per heavy atom. The van der Waals surface area contributed by atoms with Gasteiger partial charge in [0, 0.05) is 51.8 Å². The van der Waals surface area contributed by atoms with Crippen LogP contribution in [-0.2, 0) is 14.9 Å². The van der Waals surface area contributed by atoms with Gasteiger partial charge in [0.25, 0.3) is 5.91 Å². The topological polar surface area (TPSA) is 57.2 Å². The summed E-state index contributed by atoms with van der Waals surface area (Å²) < 4.78 is 5.54. The van der Waals surface area contributed by atoms with Crippen LogP contribution < -0.4 is 5.32 Å². The second-order valence-electron chi connectivity index (χ2n) is 7.96. The van der Waals surface area contributed by atoms with Crippen LogP contribution in [0.5, 0.6) is 0 Å². The first-order valence-electron chi connectivity index (χ1n) is 9.93. The number of nitrogens with zero attached hydrogens (tertiary/aromatic N) is 3. The summed E-state index contributed by atoms with van der Waals surface area (Å²) in [6.45, 7) is 9.03. The molecule has 1 amide bonds. The largest absolute Gasteiger partial charge is 0.368 e. The van der Waals surface area contributed by atoms with Crippen LogP contribution >= 0.6 is 0 Å². The molecule has 27 heavy (non-hydrogen) atoms. The molecule has 0 bridgehead atoms. The summed E-state index contributed by atoms with van der Waals surface area (Å²) >= 11 is 0. The van der Waals surface area contributed by atoms with E-state index in [2.05, 4.69) is 53.3 Å². The predicted molar refractivity (Wildman–Crippen MR) is 108 cm³/mol. The highest BCUT2D eigenvalue weighted by molar-refractivity contribution is 5.82. The lowest BCUT2D eigenvalue weighted by molar-refractivity contribution is -0.142. The third-order valence-electron chi connectivity index (χ3n) is 5.55. The fraction of sp³-hybridized carbons (Fsp3) is 0.619. The monoisotopic (exact) mass is 372 g/mol. The highest BCUT2D eigenvalue weighted by atomic mass is 16.5. The summed E-state index contributed by atoms with van der Waals surface area (Å²) in [5.74, 6) is 1.06. The Morgan fingerprint density at radius 3 is 2.44 bits per heavy atom. The molecule has 0 aromatic heterocycles. The van der Waals surface area contributed by atoms with Gasteiger partial charge in [-0.3, -0.25) is 9.79 Å². The average Bonchev–Trinajstić information content (AvgIpc) is 3.24. The molecular formula is C21H32N4O2. The first-order valence-corrected chi connectivity index (χ1v) is 9.93. The second-order valence-corrected chi connectivity index (χ2v) is 7.96. The molecule has 0 aliphatic carbocycles. The molecule has 1 N–H and O–H groups in total. The molecule has 3 rings (SSSR count). The number of guanidine groups is 1. The van der Waals surface area contributed by atoms with Crippen molar-refractivity contribution in [1.82, 2.24) is 15.1 Å². The van der Waals surface area contributed by atoms with Gasteiger partial charge in [-0.2, -0.15) is 0 Å². The summed E-state index contributed by atoms with van der Waals surface area (Å²) in [5.41, 5.74) is 1.31. The van der Waals surface area contributed by atoms with Crippen LogP contribution in [0.4, 0.5) is 0 Å². The zero-order valence-corrected chi connectivity index (χ0v) is 16.8. The summed E-state index contributed by atoms with van der Waals surface area (Å²) in [7, 11) is 1.82. The van der Waals surface area contributed by atoms with Crippen molar-refractivity contribution < 1.29 is 9.53 Å². The van der Waals surface area contributed by atoms with E-state index in [-0.39, 0.29) is 17.4 Å². The minimum atomic E-state index is -0.222. The van der Waals surface area contributed by atoms with Gasteiger partial charge in [0.05, 0.1) is 0 Å².